The summed E-state index contributed by atoms with van der Waals surface area (Å²) in [6.07, 6.45) is 0.214. The summed E-state index contributed by atoms with van der Waals surface area (Å²) in [6, 6.07) is 6.86. The van der Waals surface area contributed by atoms with E-state index in [-0.39, 0.29) is 24.8 Å². The molecule has 7 heteroatoms. The van der Waals surface area contributed by atoms with Gasteiger partial charge in [-0.05, 0) is 32.0 Å². The molecule has 0 spiro atoms. The number of aryl methyl sites for hydroxylation is 2. The fourth-order valence-corrected chi connectivity index (χ4v) is 2.27. The molecule has 0 saturated carbocycles. The Morgan fingerprint density at radius 1 is 1.25 bits per heavy atom. The van der Waals surface area contributed by atoms with Crippen molar-refractivity contribution in [2.24, 2.45) is 0 Å². The molecule has 0 bridgehead atoms. The highest BCUT2D eigenvalue weighted by molar-refractivity contribution is 5.94. The summed E-state index contributed by atoms with van der Waals surface area (Å²) < 4.78 is 5.08. The van der Waals surface area contributed by atoms with Crippen LogP contribution in [0.25, 0.3) is 0 Å². The molecule has 2 rings (SSSR count). The number of methoxy groups -OCH3 is 1. The van der Waals surface area contributed by atoms with Crippen molar-refractivity contribution in [3.05, 3.63) is 46.8 Å². The van der Waals surface area contributed by atoms with Gasteiger partial charge in [-0.1, -0.05) is 6.07 Å². The number of nitrogens with zero attached hydrogens (tertiary/aromatic N) is 1. The number of benzene rings is 1. The van der Waals surface area contributed by atoms with Gasteiger partial charge in [0.05, 0.1) is 12.8 Å². The molecule has 2 amide bonds. The van der Waals surface area contributed by atoms with Gasteiger partial charge in [0.25, 0.3) is 5.91 Å². The third-order valence-electron chi connectivity index (χ3n) is 3.71. The molecule has 24 heavy (non-hydrogen) atoms. The molecule has 2 aromatic rings. The van der Waals surface area contributed by atoms with Crippen LogP contribution in [0.15, 0.2) is 24.3 Å². The topological polar surface area (TPSA) is 96.1 Å². The van der Waals surface area contributed by atoms with Gasteiger partial charge in [-0.25, -0.2) is 0 Å². The van der Waals surface area contributed by atoms with Crippen molar-refractivity contribution in [1.82, 2.24) is 20.8 Å². The van der Waals surface area contributed by atoms with E-state index in [9.17, 15) is 9.59 Å². The van der Waals surface area contributed by atoms with Crippen molar-refractivity contribution >= 4 is 11.8 Å². The lowest BCUT2D eigenvalue weighted by Gasteiger charge is -2.08. The molecule has 1 aromatic heterocycles. The van der Waals surface area contributed by atoms with Gasteiger partial charge in [0, 0.05) is 36.3 Å². The summed E-state index contributed by atoms with van der Waals surface area (Å²) in [7, 11) is 1.55. The average Bonchev–Trinajstić information content (AvgIpc) is 2.91. The molecule has 0 unspecified atom stereocenters. The van der Waals surface area contributed by atoms with Gasteiger partial charge in [0.2, 0.25) is 5.91 Å². The normalized spacial score (nSPS) is 10.3. The van der Waals surface area contributed by atoms with Crippen LogP contribution in [0.2, 0.25) is 0 Å². The number of hydrogen-bond donors (Lipinski definition) is 3. The standard InChI is InChI=1S/C17H22N4O3/c1-11-15(12(2)21-20-11)10-19-16(22)7-8-18-17(23)13-5-4-6-14(9-13)24-3/h4-6,9H,7-8,10H2,1-3H3,(H,18,23)(H,19,22)(H,20,21). The summed E-state index contributed by atoms with van der Waals surface area (Å²) in [6.45, 7) is 4.50. The van der Waals surface area contributed by atoms with Crippen LogP contribution < -0.4 is 15.4 Å². The Balaban J connectivity index is 1.75. The highest BCUT2D eigenvalue weighted by atomic mass is 16.5. The van der Waals surface area contributed by atoms with Crippen LogP contribution >= 0.6 is 0 Å². The van der Waals surface area contributed by atoms with Crippen molar-refractivity contribution in [2.75, 3.05) is 13.7 Å². The summed E-state index contributed by atoms with van der Waals surface area (Å²) in [5.74, 6) is 0.260. The van der Waals surface area contributed by atoms with E-state index in [1.807, 2.05) is 13.8 Å². The molecule has 0 aliphatic carbocycles. The van der Waals surface area contributed by atoms with Crippen LogP contribution in [0.5, 0.6) is 5.75 Å². The quantitative estimate of drug-likeness (QED) is 0.716. The molecule has 3 N–H and O–H groups in total. The first-order valence-corrected chi connectivity index (χ1v) is 7.70. The smallest absolute Gasteiger partial charge is 0.251 e. The molecule has 1 aromatic carbocycles. The Bertz CT molecular complexity index is 705. The molecule has 128 valence electrons. The Kier molecular flexibility index (Phi) is 5.95. The van der Waals surface area contributed by atoms with E-state index < -0.39 is 0 Å². The fraction of sp³-hybridized carbons (Fsp3) is 0.353. The van der Waals surface area contributed by atoms with E-state index in [0.717, 1.165) is 17.0 Å². The molecular weight excluding hydrogens is 308 g/mol. The SMILES string of the molecule is COc1cccc(C(=O)NCCC(=O)NCc2c(C)n[nH]c2C)c1. The number of aromatic amines is 1. The van der Waals surface area contributed by atoms with Gasteiger partial charge in [-0.2, -0.15) is 5.10 Å². The lowest BCUT2D eigenvalue weighted by atomic mass is 10.2. The third kappa shape index (κ3) is 4.58. The number of carbonyl (C=O) groups excluding carboxylic acids is 2. The predicted molar refractivity (Wildman–Crippen MR) is 89.9 cm³/mol. The number of hydrogen-bond acceptors (Lipinski definition) is 4. The number of H-pyrrole nitrogens is 1. The van der Waals surface area contributed by atoms with Crippen molar-refractivity contribution < 1.29 is 14.3 Å². The zero-order valence-electron chi connectivity index (χ0n) is 14.1. The number of ether oxygens (including phenoxy) is 1. The van der Waals surface area contributed by atoms with E-state index in [0.29, 0.717) is 17.9 Å². The van der Waals surface area contributed by atoms with Crippen LogP contribution in [-0.2, 0) is 11.3 Å². The van der Waals surface area contributed by atoms with Gasteiger partial charge < -0.3 is 15.4 Å². The molecular formula is C17H22N4O3. The van der Waals surface area contributed by atoms with Gasteiger partial charge in [0.15, 0.2) is 0 Å². The summed E-state index contributed by atoms with van der Waals surface area (Å²) in [5, 5.41) is 12.5. The second kappa shape index (κ2) is 8.14. The van der Waals surface area contributed by atoms with E-state index in [1.165, 1.54) is 0 Å². The maximum Gasteiger partial charge on any atom is 0.251 e. The maximum atomic E-state index is 12.0. The Labute approximate surface area is 140 Å². The number of rotatable bonds is 7. The highest BCUT2D eigenvalue weighted by Crippen LogP contribution is 2.12. The predicted octanol–water partition coefficient (Wildman–Crippen LogP) is 1.47. The third-order valence-corrected chi connectivity index (χ3v) is 3.71. The first kappa shape index (κ1) is 17.5. The van der Waals surface area contributed by atoms with Crippen molar-refractivity contribution in [3.63, 3.8) is 0 Å². The van der Waals surface area contributed by atoms with E-state index >= 15 is 0 Å². The number of nitrogens with one attached hydrogen (secondary N) is 3. The van der Waals surface area contributed by atoms with Crippen LogP contribution in [0.4, 0.5) is 0 Å². The van der Waals surface area contributed by atoms with Crippen LogP contribution in [0.3, 0.4) is 0 Å². The monoisotopic (exact) mass is 330 g/mol. The van der Waals surface area contributed by atoms with Gasteiger partial charge >= 0.3 is 0 Å². The summed E-state index contributed by atoms with van der Waals surface area (Å²) in [4.78, 5) is 23.9. The molecule has 0 atom stereocenters. The summed E-state index contributed by atoms with van der Waals surface area (Å²) >= 11 is 0. The van der Waals surface area contributed by atoms with Crippen molar-refractivity contribution in [1.29, 1.82) is 0 Å². The van der Waals surface area contributed by atoms with E-state index in [1.54, 1.807) is 31.4 Å². The number of aromatic nitrogens is 2. The Morgan fingerprint density at radius 2 is 2.04 bits per heavy atom. The Hall–Kier alpha value is -2.83. The zero-order chi connectivity index (χ0) is 17.5. The van der Waals surface area contributed by atoms with Gasteiger partial charge in [0.1, 0.15) is 5.75 Å². The zero-order valence-corrected chi connectivity index (χ0v) is 14.1. The van der Waals surface area contributed by atoms with Gasteiger partial charge in [-0.15, -0.1) is 0 Å². The largest absolute Gasteiger partial charge is 0.497 e. The minimum Gasteiger partial charge on any atom is -0.497 e. The lowest BCUT2D eigenvalue weighted by molar-refractivity contribution is -0.121. The molecule has 7 nitrogen and oxygen atoms in total. The molecule has 0 aliphatic heterocycles. The minimum atomic E-state index is -0.233. The molecule has 0 fully saturated rings. The number of carbonyl (C=O) groups is 2. The van der Waals surface area contributed by atoms with Gasteiger partial charge in [-0.3, -0.25) is 14.7 Å². The van der Waals surface area contributed by atoms with Crippen LogP contribution in [0, 0.1) is 13.8 Å². The second-order valence-corrected chi connectivity index (χ2v) is 5.43. The highest BCUT2D eigenvalue weighted by Gasteiger charge is 2.10. The minimum absolute atomic E-state index is 0.124. The first-order valence-electron chi connectivity index (χ1n) is 7.70. The molecule has 0 aliphatic rings. The van der Waals surface area contributed by atoms with E-state index in [4.69, 9.17) is 4.74 Å². The average molecular weight is 330 g/mol. The van der Waals surface area contributed by atoms with Crippen molar-refractivity contribution in [2.45, 2.75) is 26.8 Å². The van der Waals surface area contributed by atoms with Crippen LogP contribution in [0.1, 0.15) is 33.7 Å². The van der Waals surface area contributed by atoms with Crippen molar-refractivity contribution in [3.8, 4) is 5.75 Å². The first-order chi connectivity index (χ1) is 11.5. The molecule has 0 saturated heterocycles. The summed E-state index contributed by atoms with van der Waals surface area (Å²) in [5.41, 5.74) is 3.31. The van der Waals surface area contributed by atoms with E-state index in [2.05, 4.69) is 20.8 Å². The maximum absolute atomic E-state index is 12.0. The number of amides is 2. The molecule has 0 radical (unpaired) electrons. The Morgan fingerprint density at radius 3 is 2.71 bits per heavy atom. The molecule has 1 heterocycles. The second-order valence-electron chi connectivity index (χ2n) is 5.43. The van der Waals surface area contributed by atoms with Crippen LogP contribution in [-0.4, -0.2) is 35.7 Å². The lowest BCUT2D eigenvalue weighted by Crippen LogP contribution is -2.30. The fourth-order valence-electron chi connectivity index (χ4n) is 2.27.